The predicted octanol–water partition coefficient (Wildman–Crippen LogP) is 1.65. The topological polar surface area (TPSA) is 75.3 Å². The van der Waals surface area contributed by atoms with E-state index in [0.717, 1.165) is 0 Å². The molecule has 1 aromatic rings. The van der Waals surface area contributed by atoms with Gasteiger partial charge in [-0.2, -0.15) is 0 Å². The fraction of sp³-hybridized carbons (Fsp3) is 0.364. The maximum Gasteiger partial charge on any atom is 0.319 e. The summed E-state index contributed by atoms with van der Waals surface area (Å²) in [5.74, 6) is 0.144. The highest BCUT2D eigenvalue weighted by Gasteiger charge is 2.28. The number of hydrogen-bond acceptors (Lipinski definition) is 3. The van der Waals surface area contributed by atoms with Crippen LogP contribution in [0.2, 0.25) is 5.02 Å². The molecule has 0 aliphatic carbocycles. The number of amides is 2. The normalized spacial score (nSPS) is 21.5. The Morgan fingerprint density at radius 2 is 2.17 bits per heavy atom. The van der Waals surface area contributed by atoms with Gasteiger partial charge in [0.15, 0.2) is 9.84 Å². The molecule has 0 saturated carbocycles. The fourth-order valence-electron chi connectivity index (χ4n) is 1.83. The summed E-state index contributed by atoms with van der Waals surface area (Å²) < 4.78 is 22.5. The summed E-state index contributed by atoms with van der Waals surface area (Å²) in [6.45, 7) is 0. The van der Waals surface area contributed by atoms with Gasteiger partial charge < -0.3 is 10.6 Å². The second kappa shape index (κ2) is 5.16. The zero-order valence-electron chi connectivity index (χ0n) is 9.52. The van der Waals surface area contributed by atoms with Crippen LogP contribution in [0.15, 0.2) is 24.3 Å². The molecular formula is C11H13ClN2O3S. The first-order chi connectivity index (χ1) is 8.44. The molecule has 2 rings (SSSR count). The Balaban J connectivity index is 1.90. The molecule has 2 amide bonds. The lowest BCUT2D eigenvalue weighted by atomic mass is 10.3. The number of carbonyl (C=O) groups is 1. The summed E-state index contributed by atoms with van der Waals surface area (Å²) in [4.78, 5) is 11.6. The third-order valence-corrected chi connectivity index (χ3v) is 4.65. The second-order valence-corrected chi connectivity index (χ2v) is 6.87. The van der Waals surface area contributed by atoms with Gasteiger partial charge in [-0.15, -0.1) is 0 Å². The third-order valence-electron chi connectivity index (χ3n) is 2.65. The van der Waals surface area contributed by atoms with Crippen LogP contribution in [0.1, 0.15) is 6.42 Å². The van der Waals surface area contributed by atoms with Gasteiger partial charge >= 0.3 is 6.03 Å². The number of carbonyl (C=O) groups excluding carboxylic acids is 1. The van der Waals surface area contributed by atoms with Crippen molar-refractivity contribution in [3.05, 3.63) is 29.3 Å². The Bertz CT molecular complexity index is 559. The van der Waals surface area contributed by atoms with E-state index in [1.807, 2.05) is 0 Å². The molecule has 1 aliphatic heterocycles. The molecule has 1 atom stereocenters. The number of halogens is 1. The van der Waals surface area contributed by atoms with Crippen molar-refractivity contribution in [3.63, 3.8) is 0 Å². The number of nitrogens with one attached hydrogen (secondary N) is 2. The first-order valence-corrected chi connectivity index (χ1v) is 7.68. The monoisotopic (exact) mass is 288 g/mol. The van der Waals surface area contributed by atoms with Crippen LogP contribution in [0.4, 0.5) is 10.5 Å². The Kier molecular flexibility index (Phi) is 3.77. The maximum atomic E-state index is 11.6. The van der Waals surface area contributed by atoms with Gasteiger partial charge in [-0.1, -0.05) is 17.7 Å². The molecule has 0 spiro atoms. The first kappa shape index (κ1) is 13.2. The number of sulfone groups is 1. The van der Waals surface area contributed by atoms with Gasteiger partial charge in [-0.05, 0) is 24.6 Å². The van der Waals surface area contributed by atoms with Crippen LogP contribution >= 0.6 is 11.6 Å². The van der Waals surface area contributed by atoms with Gasteiger partial charge in [0.25, 0.3) is 0 Å². The van der Waals surface area contributed by atoms with E-state index in [2.05, 4.69) is 10.6 Å². The zero-order chi connectivity index (χ0) is 13.2. The van der Waals surface area contributed by atoms with Gasteiger partial charge in [0.1, 0.15) is 0 Å². The van der Waals surface area contributed by atoms with Crippen molar-refractivity contribution >= 4 is 33.2 Å². The first-order valence-electron chi connectivity index (χ1n) is 5.48. The van der Waals surface area contributed by atoms with Crippen LogP contribution < -0.4 is 10.6 Å². The van der Waals surface area contributed by atoms with Crippen molar-refractivity contribution in [3.8, 4) is 0 Å². The number of benzene rings is 1. The van der Waals surface area contributed by atoms with Crippen LogP contribution in [0.3, 0.4) is 0 Å². The molecule has 1 aliphatic rings. The second-order valence-electron chi connectivity index (χ2n) is 4.21. The molecule has 18 heavy (non-hydrogen) atoms. The van der Waals surface area contributed by atoms with E-state index in [1.54, 1.807) is 24.3 Å². The largest absolute Gasteiger partial charge is 0.334 e. The molecule has 1 saturated heterocycles. The van der Waals surface area contributed by atoms with E-state index in [4.69, 9.17) is 11.6 Å². The van der Waals surface area contributed by atoms with Crippen LogP contribution in [0.5, 0.6) is 0 Å². The lowest BCUT2D eigenvalue weighted by molar-refractivity contribution is 0.249. The highest BCUT2D eigenvalue weighted by molar-refractivity contribution is 7.91. The van der Waals surface area contributed by atoms with E-state index in [1.165, 1.54) is 0 Å². The number of hydrogen-bond donors (Lipinski definition) is 2. The van der Waals surface area contributed by atoms with E-state index in [9.17, 15) is 13.2 Å². The summed E-state index contributed by atoms with van der Waals surface area (Å²) in [5.41, 5.74) is 0.570. The number of rotatable bonds is 2. The maximum absolute atomic E-state index is 11.6. The lowest BCUT2D eigenvalue weighted by Crippen LogP contribution is -2.38. The Labute approximate surface area is 110 Å². The average Bonchev–Trinajstić information content (AvgIpc) is 2.57. The van der Waals surface area contributed by atoms with Gasteiger partial charge in [-0.3, -0.25) is 0 Å². The van der Waals surface area contributed by atoms with Crippen molar-refractivity contribution in [2.75, 3.05) is 16.8 Å². The molecule has 0 radical (unpaired) electrons. The molecule has 7 heteroatoms. The summed E-state index contributed by atoms with van der Waals surface area (Å²) in [6.07, 6.45) is 0.464. The van der Waals surface area contributed by atoms with E-state index in [-0.39, 0.29) is 17.5 Å². The van der Waals surface area contributed by atoms with Crippen LogP contribution in [-0.2, 0) is 9.84 Å². The van der Waals surface area contributed by atoms with Crippen LogP contribution in [0.25, 0.3) is 0 Å². The van der Waals surface area contributed by atoms with E-state index < -0.39 is 15.9 Å². The summed E-state index contributed by atoms with van der Waals surface area (Å²) in [6, 6.07) is 6.02. The van der Waals surface area contributed by atoms with E-state index in [0.29, 0.717) is 17.1 Å². The Morgan fingerprint density at radius 1 is 1.39 bits per heavy atom. The van der Waals surface area contributed by atoms with Crippen molar-refractivity contribution in [2.45, 2.75) is 12.5 Å². The zero-order valence-corrected chi connectivity index (χ0v) is 11.1. The van der Waals surface area contributed by atoms with Gasteiger partial charge in [0, 0.05) is 16.8 Å². The summed E-state index contributed by atoms with van der Waals surface area (Å²) >= 11 is 5.78. The minimum atomic E-state index is -2.98. The van der Waals surface area contributed by atoms with Crippen LogP contribution in [-0.4, -0.2) is 32.0 Å². The Morgan fingerprint density at radius 3 is 2.78 bits per heavy atom. The molecule has 5 nitrogen and oxygen atoms in total. The van der Waals surface area contributed by atoms with E-state index >= 15 is 0 Å². The van der Waals surface area contributed by atoms with Gasteiger partial charge in [0.2, 0.25) is 0 Å². The molecule has 1 fully saturated rings. The number of anilines is 1. The Hall–Kier alpha value is -1.27. The molecule has 0 unspecified atom stereocenters. The molecule has 1 aromatic carbocycles. The van der Waals surface area contributed by atoms with Crippen LogP contribution in [0, 0.1) is 0 Å². The molecule has 0 aromatic heterocycles. The van der Waals surface area contributed by atoms with Crippen molar-refractivity contribution in [1.82, 2.24) is 5.32 Å². The average molecular weight is 289 g/mol. The molecule has 2 N–H and O–H groups in total. The fourth-order valence-corrected chi connectivity index (χ4v) is 3.69. The summed E-state index contributed by atoms with van der Waals surface area (Å²) in [5, 5.41) is 5.76. The third kappa shape index (κ3) is 3.61. The van der Waals surface area contributed by atoms with Crippen molar-refractivity contribution in [1.29, 1.82) is 0 Å². The smallest absolute Gasteiger partial charge is 0.319 e. The minimum absolute atomic E-state index is 0.00989. The highest BCUT2D eigenvalue weighted by Crippen LogP contribution is 2.15. The quantitative estimate of drug-likeness (QED) is 0.869. The van der Waals surface area contributed by atoms with Crippen molar-refractivity contribution in [2.24, 2.45) is 0 Å². The molecule has 98 valence electrons. The SMILES string of the molecule is O=C(Nc1cccc(Cl)c1)N[C@H]1CCS(=O)(=O)C1. The molecule has 1 heterocycles. The number of urea groups is 1. The van der Waals surface area contributed by atoms with Crippen molar-refractivity contribution < 1.29 is 13.2 Å². The summed E-state index contributed by atoms with van der Waals surface area (Å²) in [7, 11) is -2.98. The van der Waals surface area contributed by atoms with Gasteiger partial charge in [-0.25, -0.2) is 13.2 Å². The molecular weight excluding hydrogens is 276 g/mol. The minimum Gasteiger partial charge on any atom is -0.334 e. The molecule has 0 bridgehead atoms. The highest BCUT2D eigenvalue weighted by atomic mass is 35.5. The predicted molar refractivity (Wildman–Crippen MR) is 70.7 cm³/mol. The lowest BCUT2D eigenvalue weighted by Gasteiger charge is -2.12. The van der Waals surface area contributed by atoms with Gasteiger partial charge in [0.05, 0.1) is 11.5 Å². The standard InChI is InChI=1S/C11H13ClN2O3S/c12-8-2-1-3-9(6-8)13-11(15)14-10-4-5-18(16,17)7-10/h1-3,6,10H,4-5,7H2,(H2,13,14,15)/t10-/m0/s1.